The number of aryl methyl sites for hydroxylation is 1. The Morgan fingerprint density at radius 3 is 2.57 bits per heavy atom. The van der Waals surface area contributed by atoms with Crippen molar-refractivity contribution in [3.63, 3.8) is 0 Å². The molecule has 0 amide bonds. The smallest absolute Gasteiger partial charge is 0.0975 e. The van der Waals surface area contributed by atoms with E-state index in [1.54, 1.807) is 11.3 Å². The minimum Gasteiger partial charge on any atom is -0.307 e. The zero-order chi connectivity index (χ0) is 15.5. The van der Waals surface area contributed by atoms with Gasteiger partial charge in [-0.3, -0.25) is 0 Å². The first kappa shape index (κ1) is 16.5. The van der Waals surface area contributed by atoms with Crippen molar-refractivity contribution in [2.75, 3.05) is 0 Å². The summed E-state index contributed by atoms with van der Waals surface area (Å²) in [4.78, 5) is 6.13. The summed E-state index contributed by atoms with van der Waals surface area (Å²) in [5.74, 6) is 0. The van der Waals surface area contributed by atoms with Gasteiger partial charge in [0.2, 0.25) is 0 Å². The highest BCUT2D eigenvalue weighted by Gasteiger charge is 2.14. The highest BCUT2D eigenvalue weighted by molar-refractivity contribution is 7.11. The maximum absolute atomic E-state index is 6.24. The molecule has 4 heteroatoms. The maximum Gasteiger partial charge on any atom is 0.0975 e. The van der Waals surface area contributed by atoms with Crippen LogP contribution in [0, 0.1) is 0 Å². The van der Waals surface area contributed by atoms with Crippen LogP contribution in [0.25, 0.3) is 0 Å². The minimum absolute atomic E-state index is 0.123. The molecule has 2 nitrogen and oxygen atoms in total. The summed E-state index contributed by atoms with van der Waals surface area (Å²) in [5.41, 5.74) is 2.47. The van der Waals surface area contributed by atoms with Crippen LogP contribution in [0.4, 0.5) is 0 Å². The van der Waals surface area contributed by atoms with Crippen molar-refractivity contribution < 1.29 is 0 Å². The quantitative estimate of drug-likeness (QED) is 0.852. The van der Waals surface area contributed by atoms with E-state index in [2.05, 4.69) is 39.1 Å². The zero-order valence-electron chi connectivity index (χ0n) is 13.2. The van der Waals surface area contributed by atoms with Crippen molar-refractivity contribution in [3.8, 4) is 0 Å². The second kappa shape index (κ2) is 6.91. The van der Waals surface area contributed by atoms with E-state index in [1.807, 2.05) is 18.2 Å². The second-order valence-electron chi connectivity index (χ2n) is 6.20. The van der Waals surface area contributed by atoms with Crippen molar-refractivity contribution in [2.24, 2.45) is 0 Å². The SMILES string of the molecule is CCc1nc(Cc2ccccc2Cl)sc1CNC(C)(C)C. The fraction of sp³-hybridized carbons (Fsp3) is 0.471. The average molecular weight is 323 g/mol. The van der Waals surface area contributed by atoms with Gasteiger partial charge in [-0.05, 0) is 38.8 Å². The van der Waals surface area contributed by atoms with Gasteiger partial charge in [-0.1, -0.05) is 36.7 Å². The van der Waals surface area contributed by atoms with Crippen LogP contribution in [0.15, 0.2) is 24.3 Å². The highest BCUT2D eigenvalue weighted by Crippen LogP contribution is 2.25. The molecule has 114 valence electrons. The predicted molar refractivity (Wildman–Crippen MR) is 92.3 cm³/mol. The number of nitrogens with one attached hydrogen (secondary N) is 1. The summed E-state index contributed by atoms with van der Waals surface area (Å²) < 4.78 is 0. The van der Waals surface area contributed by atoms with Crippen molar-refractivity contribution >= 4 is 22.9 Å². The Kier molecular flexibility index (Phi) is 5.42. The molecule has 0 fully saturated rings. The van der Waals surface area contributed by atoms with Gasteiger partial charge in [0.15, 0.2) is 0 Å². The van der Waals surface area contributed by atoms with Crippen LogP contribution in [-0.2, 0) is 19.4 Å². The van der Waals surface area contributed by atoms with Crippen LogP contribution in [0.2, 0.25) is 5.02 Å². The molecule has 1 aromatic carbocycles. The van der Waals surface area contributed by atoms with Crippen molar-refractivity contribution in [3.05, 3.63) is 50.4 Å². The number of benzene rings is 1. The van der Waals surface area contributed by atoms with E-state index in [9.17, 15) is 0 Å². The molecule has 0 aliphatic carbocycles. The Balaban J connectivity index is 2.15. The lowest BCUT2D eigenvalue weighted by atomic mass is 10.1. The predicted octanol–water partition coefficient (Wildman–Crippen LogP) is 4.84. The van der Waals surface area contributed by atoms with Gasteiger partial charge in [-0.2, -0.15) is 0 Å². The van der Waals surface area contributed by atoms with E-state index >= 15 is 0 Å². The highest BCUT2D eigenvalue weighted by atomic mass is 35.5. The van der Waals surface area contributed by atoms with E-state index in [0.29, 0.717) is 0 Å². The zero-order valence-corrected chi connectivity index (χ0v) is 14.7. The molecule has 0 aliphatic rings. The Morgan fingerprint density at radius 2 is 1.95 bits per heavy atom. The fourth-order valence-corrected chi connectivity index (χ4v) is 3.40. The summed E-state index contributed by atoms with van der Waals surface area (Å²) in [5, 5.41) is 5.51. The molecule has 0 unspecified atom stereocenters. The van der Waals surface area contributed by atoms with E-state index in [0.717, 1.165) is 35.0 Å². The van der Waals surface area contributed by atoms with Crippen molar-refractivity contribution in [1.29, 1.82) is 0 Å². The minimum atomic E-state index is 0.123. The molecule has 2 aromatic rings. The molecule has 1 aromatic heterocycles. The third kappa shape index (κ3) is 4.80. The third-order valence-corrected chi connectivity index (χ3v) is 4.70. The normalized spacial score (nSPS) is 11.9. The standard InChI is InChI=1S/C17H23ClN2S/c1-5-14-15(11-19-17(2,3)4)21-16(20-14)10-12-8-6-7-9-13(12)18/h6-9,19H,5,10-11H2,1-4H3. The van der Waals surface area contributed by atoms with Crippen LogP contribution in [0.5, 0.6) is 0 Å². The largest absolute Gasteiger partial charge is 0.307 e. The number of thiazole rings is 1. The summed E-state index contributed by atoms with van der Waals surface area (Å²) in [6.45, 7) is 9.60. The molecule has 0 aliphatic heterocycles. The molecule has 0 saturated carbocycles. The van der Waals surface area contributed by atoms with Gasteiger partial charge in [-0.25, -0.2) is 4.98 Å². The van der Waals surface area contributed by atoms with Gasteiger partial charge in [0.1, 0.15) is 0 Å². The van der Waals surface area contributed by atoms with Crippen LogP contribution < -0.4 is 5.32 Å². The van der Waals surface area contributed by atoms with Gasteiger partial charge < -0.3 is 5.32 Å². The lowest BCUT2D eigenvalue weighted by Gasteiger charge is -2.20. The topological polar surface area (TPSA) is 24.9 Å². The molecule has 0 saturated heterocycles. The van der Waals surface area contributed by atoms with Gasteiger partial charge in [0.05, 0.1) is 10.7 Å². The fourth-order valence-electron chi connectivity index (χ4n) is 2.08. The maximum atomic E-state index is 6.24. The first-order valence-corrected chi connectivity index (χ1v) is 8.54. The number of nitrogens with zero attached hydrogens (tertiary/aromatic N) is 1. The summed E-state index contributed by atoms with van der Waals surface area (Å²) in [6.07, 6.45) is 1.78. The number of halogens is 1. The van der Waals surface area contributed by atoms with Gasteiger partial charge in [0.25, 0.3) is 0 Å². The molecule has 0 bridgehead atoms. The van der Waals surface area contributed by atoms with Crippen LogP contribution in [-0.4, -0.2) is 10.5 Å². The molecule has 0 spiro atoms. The van der Waals surface area contributed by atoms with E-state index < -0.39 is 0 Å². The second-order valence-corrected chi connectivity index (χ2v) is 7.78. The molecule has 1 N–H and O–H groups in total. The third-order valence-electron chi connectivity index (χ3n) is 3.24. The molecule has 2 rings (SSSR count). The van der Waals surface area contributed by atoms with Gasteiger partial charge >= 0.3 is 0 Å². The first-order chi connectivity index (χ1) is 9.89. The molecule has 1 heterocycles. The van der Waals surface area contributed by atoms with Gasteiger partial charge in [0, 0.05) is 28.4 Å². The van der Waals surface area contributed by atoms with Gasteiger partial charge in [-0.15, -0.1) is 11.3 Å². The number of aromatic nitrogens is 1. The van der Waals surface area contributed by atoms with Crippen molar-refractivity contribution in [2.45, 2.75) is 52.6 Å². The Bertz CT molecular complexity index is 599. The summed E-state index contributed by atoms with van der Waals surface area (Å²) in [7, 11) is 0. The molecular weight excluding hydrogens is 300 g/mol. The Morgan fingerprint density at radius 1 is 1.24 bits per heavy atom. The molecular formula is C17H23ClN2S. The van der Waals surface area contributed by atoms with Crippen molar-refractivity contribution in [1.82, 2.24) is 10.3 Å². The Hall–Kier alpha value is -0.900. The summed E-state index contributed by atoms with van der Waals surface area (Å²) in [6, 6.07) is 8.00. The lowest BCUT2D eigenvalue weighted by Crippen LogP contribution is -2.35. The van der Waals surface area contributed by atoms with Crippen LogP contribution in [0.3, 0.4) is 0 Å². The average Bonchev–Trinajstić information content (AvgIpc) is 2.80. The van der Waals surface area contributed by atoms with E-state index in [4.69, 9.17) is 16.6 Å². The monoisotopic (exact) mass is 322 g/mol. The molecule has 21 heavy (non-hydrogen) atoms. The first-order valence-electron chi connectivity index (χ1n) is 7.35. The molecule has 0 radical (unpaired) electrons. The summed E-state index contributed by atoms with van der Waals surface area (Å²) >= 11 is 8.04. The lowest BCUT2D eigenvalue weighted by molar-refractivity contribution is 0.425. The van der Waals surface area contributed by atoms with E-state index in [-0.39, 0.29) is 5.54 Å². The number of hydrogen-bond donors (Lipinski definition) is 1. The number of rotatable bonds is 5. The van der Waals surface area contributed by atoms with E-state index in [1.165, 1.54) is 10.6 Å². The molecule has 0 atom stereocenters. The Labute approximate surface area is 136 Å². The van der Waals surface area contributed by atoms with Crippen LogP contribution in [0.1, 0.15) is 48.8 Å². The number of hydrogen-bond acceptors (Lipinski definition) is 3. The van der Waals surface area contributed by atoms with Crippen LogP contribution >= 0.6 is 22.9 Å².